The Balaban J connectivity index is 2.97. The molecule has 6 nitrogen and oxygen atoms in total. The number of aryl methyl sites for hydroxylation is 1. The van der Waals surface area contributed by atoms with Crippen LogP contribution in [0.3, 0.4) is 0 Å². The minimum absolute atomic E-state index is 0.268. The van der Waals surface area contributed by atoms with Crippen LogP contribution in [0, 0.1) is 0 Å². The average Bonchev–Trinajstić information content (AvgIpc) is 2.35. The van der Waals surface area contributed by atoms with Crippen LogP contribution in [-0.2, 0) is 17.9 Å². The summed E-state index contributed by atoms with van der Waals surface area (Å²) in [5, 5.41) is 2.52. The van der Waals surface area contributed by atoms with Gasteiger partial charge in [0.05, 0.1) is 0 Å². The van der Waals surface area contributed by atoms with Gasteiger partial charge in [0.25, 0.3) is 5.56 Å². The second-order valence-electron chi connectivity index (χ2n) is 3.81. The van der Waals surface area contributed by atoms with Crippen molar-refractivity contribution >= 4 is 5.91 Å². The summed E-state index contributed by atoms with van der Waals surface area (Å²) < 4.78 is 2.34. The number of amides is 1. The van der Waals surface area contributed by atoms with Crippen LogP contribution in [0.4, 0.5) is 0 Å². The van der Waals surface area contributed by atoms with Gasteiger partial charge in [0.15, 0.2) is 0 Å². The fraction of sp³-hybridized carbons (Fsp3) is 0.417. The third kappa shape index (κ3) is 3.44. The van der Waals surface area contributed by atoms with Crippen LogP contribution in [-0.4, -0.2) is 21.6 Å². The average molecular weight is 251 g/mol. The Bertz CT molecular complexity index is 542. The lowest BCUT2D eigenvalue weighted by Gasteiger charge is -2.08. The molecule has 1 rings (SSSR count). The van der Waals surface area contributed by atoms with Crippen LogP contribution in [0.25, 0.3) is 0 Å². The molecule has 0 bridgehead atoms. The molecular formula is C12H17N3O3. The first-order valence-corrected chi connectivity index (χ1v) is 5.78. The van der Waals surface area contributed by atoms with E-state index >= 15 is 0 Å². The molecule has 0 aliphatic carbocycles. The van der Waals surface area contributed by atoms with E-state index < -0.39 is 11.2 Å². The van der Waals surface area contributed by atoms with Crippen molar-refractivity contribution in [3.63, 3.8) is 0 Å². The second-order valence-corrected chi connectivity index (χ2v) is 3.81. The summed E-state index contributed by atoms with van der Waals surface area (Å²) in [5.74, 6) is -0.386. The maximum absolute atomic E-state index is 11.9. The predicted molar refractivity (Wildman–Crippen MR) is 68.5 cm³/mol. The van der Waals surface area contributed by atoms with Gasteiger partial charge in [-0.2, -0.15) is 0 Å². The van der Waals surface area contributed by atoms with Crippen LogP contribution >= 0.6 is 0 Å². The second kappa shape index (κ2) is 6.58. The van der Waals surface area contributed by atoms with Gasteiger partial charge in [0.2, 0.25) is 5.91 Å². The molecule has 0 atom stereocenters. The van der Waals surface area contributed by atoms with Crippen molar-refractivity contribution in [2.75, 3.05) is 6.54 Å². The Hall–Kier alpha value is -2.11. The third-order valence-electron chi connectivity index (χ3n) is 2.35. The highest BCUT2D eigenvalue weighted by atomic mass is 16.2. The molecule has 6 heteroatoms. The SMILES string of the molecule is C=CCNC(=O)Cn1c(=O)ccn(CCC)c1=O. The first-order chi connectivity index (χ1) is 8.60. The molecule has 0 aliphatic heterocycles. The van der Waals surface area contributed by atoms with Crippen molar-refractivity contribution in [1.29, 1.82) is 0 Å². The van der Waals surface area contributed by atoms with Gasteiger partial charge in [-0.25, -0.2) is 4.79 Å². The van der Waals surface area contributed by atoms with Crippen molar-refractivity contribution in [2.45, 2.75) is 26.4 Å². The van der Waals surface area contributed by atoms with Crippen LogP contribution in [0.1, 0.15) is 13.3 Å². The van der Waals surface area contributed by atoms with Gasteiger partial charge in [-0.15, -0.1) is 6.58 Å². The summed E-state index contributed by atoms with van der Waals surface area (Å²) in [7, 11) is 0. The highest BCUT2D eigenvalue weighted by Crippen LogP contribution is 1.84. The summed E-state index contributed by atoms with van der Waals surface area (Å²) >= 11 is 0. The van der Waals surface area contributed by atoms with E-state index in [1.165, 1.54) is 22.9 Å². The number of hydrogen-bond acceptors (Lipinski definition) is 3. The molecule has 98 valence electrons. The lowest BCUT2D eigenvalue weighted by molar-refractivity contribution is -0.121. The first-order valence-electron chi connectivity index (χ1n) is 5.78. The van der Waals surface area contributed by atoms with Gasteiger partial charge in [-0.1, -0.05) is 13.0 Å². The molecule has 0 saturated heterocycles. The van der Waals surface area contributed by atoms with Crippen LogP contribution in [0.5, 0.6) is 0 Å². The van der Waals surface area contributed by atoms with Crippen LogP contribution < -0.4 is 16.6 Å². The number of rotatable bonds is 6. The van der Waals surface area contributed by atoms with Gasteiger partial charge < -0.3 is 9.88 Å². The Morgan fingerprint density at radius 1 is 1.50 bits per heavy atom. The number of aromatic nitrogens is 2. The molecule has 0 saturated carbocycles. The molecule has 0 radical (unpaired) electrons. The Morgan fingerprint density at radius 2 is 2.22 bits per heavy atom. The summed E-state index contributed by atoms with van der Waals surface area (Å²) in [4.78, 5) is 34.9. The van der Waals surface area contributed by atoms with E-state index in [0.717, 1.165) is 11.0 Å². The molecule has 1 aromatic heterocycles. The number of nitrogens with zero attached hydrogens (tertiary/aromatic N) is 2. The molecule has 1 aromatic rings. The minimum atomic E-state index is -0.471. The summed E-state index contributed by atoms with van der Waals surface area (Å²) in [6.07, 6.45) is 3.76. The van der Waals surface area contributed by atoms with Crippen molar-refractivity contribution in [2.24, 2.45) is 0 Å². The van der Waals surface area contributed by atoms with E-state index in [9.17, 15) is 14.4 Å². The number of nitrogens with one attached hydrogen (secondary N) is 1. The van der Waals surface area contributed by atoms with Crippen molar-refractivity contribution in [3.8, 4) is 0 Å². The van der Waals surface area contributed by atoms with Gasteiger partial charge in [0.1, 0.15) is 6.54 Å². The molecule has 0 fully saturated rings. The fourth-order valence-electron chi connectivity index (χ4n) is 1.50. The van der Waals surface area contributed by atoms with Crippen molar-refractivity contribution in [1.82, 2.24) is 14.5 Å². The number of carbonyl (C=O) groups is 1. The zero-order chi connectivity index (χ0) is 13.5. The highest BCUT2D eigenvalue weighted by molar-refractivity contribution is 5.75. The van der Waals surface area contributed by atoms with E-state index in [-0.39, 0.29) is 12.5 Å². The van der Waals surface area contributed by atoms with Gasteiger partial charge in [-0.05, 0) is 6.42 Å². The van der Waals surface area contributed by atoms with Crippen molar-refractivity contribution < 1.29 is 4.79 Å². The Labute approximate surface area is 105 Å². The van der Waals surface area contributed by atoms with Gasteiger partial charge >= 0.3 is 5.69 Å². The molecule has 0 aromatic carbocycles. The maximum atomic E-state index is 11.9. The number of hydrogen-bond donors (Lipinski definition) is 1. The van der Waals surface area contributed by atoms with E-state index in [4.69, 9.17) is 0 Å². The standard InChI is InChI=1S/C12H17N3O3/c1-3-6-13-10(16)9-15-11(17)5-8-14(7-4-2)12(15)18/h3,5,8H,1,4,6-7,9H2,2H3,(H,13,16). The largest absolute Gasteiger partial charge is 0.351 e. The quantitative estimate of drug-likeness (QED) is 0.707. The summed E-state index contributed by atoms with van der Waals surface area (Å²) in [6.45, 7) is 5.96. The van der Waals surface area contributed by atoms with E-state index in [1.54, 1.807) is 0 Å². The number of carbonyl (C=O) groups excluding carboxylic acids is 1. The maximum Gasteiger partial charge on any atom is 0.331 e. The smallest absolute Gasteiger partial charge is 0.331 e. The van der Waals surface area contributed by atoms with E-state index in [0.29, 0.717) is 13.1 Å². The summed E-state index contributed by atoms with van der Waals surface area (Å²) in [6, 6.07) is 1.29. The van der Waals surface area contributed by atoms with Crippen molar-refractivity contribution in [3.05, 3.63) is 45.8 Å². The van der Waals surface area contributed by atoms with E-state index in [2.05, 4.69) is 11.9 Å². The highest BCUT2D eigenvalue weighted by Gasteiger charge is 2.08. The third-order valence-corrected chi connectivity index (χ3v) is 2.35. The molecule has 1 amide bonds. The molecule has 0 aliphatic rings. The molecular weight excluding hydrogens is 234 g/mol. The van der Waals surface area contributed by atoms with Crippen LogP contribution in [0.2, 0.25) is 0 Å². The molecule has 0 spiro atoms. The minimum Gasteiger partial charge on any atom is -0.351 e. The first kappa shape index (κ1) is 14.0. The lowest BCUT2D eigenvalue weighted by Crippen LogP contribution is -2.43. The monoisotopic (exact) mass is 251 g/mol. The van der Waals surface area contributed by atoms with E-state index in [1.807, 2.05) is 6.92 Å². The molecule has 1 heterocycles. The molecule has 1 N–H and O–H groups in total. The molecule has 18 heavy (non-hydrogen) atoms. The van der Waals surface area contributed by atoms with Gasteiger partial charge in [0, 0.05) is 25.4 Å². The Morgan fingerprint density at radius 3 is 2.83 bits per heavy atom. The lowest BCUT2D eigenvalue weighted by atomic mass is 10.4. The predicted octanol–water partition coefficient (Wildman–Crippen LogP) is -0.278. The zero-order valence-corrected chi connectivity index (χ0v) is 10.4. The van der Waals surface area contributed by atoms with Gasteiger partial charge in [-0.3, -0.25) is 14.2 Å². The fourth-order valence-corrected chi connectivity index (χ4v) is 1.50. The molecule has 0 unspecified atom stereocenters. The normalized spacial score (nSPS) is 10.1. The Kier molecular flexibility index (Phi) is 5.10. The van der Waals surface area contributed by atoms with Crippen LogP contribution in [0.15, 0.2) is 34.5 Å². The zero-order valence-electron chi connectivity index (χ0n) is 10.4. The topological polar surface area (TPSA) is 73.1 Å². The summed E-state index contributed by atoms with van der Waals surface area (Å²) in [5.41, 5.74) is -0.931.